The van der Waals surface area contributed by atoms with Gasteiger partial charge in [0.05, 0.1) is 12.6 Å². The lowest BCUT2D eigenvalue weighted by Crippen LogP contribution is -2.39. The van der Waals surface area contributed by atoms with Crippen LogP contribution in [-0.2, 0) is 22.5 Å². The molecule has 1 amide bonds. The zero-order valence-electron chi connectivity index (χ0n) is 16.0. The van der Waals surface area contributed by atoms with Crippen molar-refractivity contribution < 1.29 is 9.53 Å². The van der Waals surface area contributed by atoms with Crippen molar-refractivity contribution in [2.45, 2.75) is 38.0 Å². The van der Waals surface area contributed by atoms with E-state index in [2.05, 4.69) is 29.2 Å². The van der Waals surface area contributed by atoms with Crippen molar-refractivity contribution in [3.05, 3.63) is 87.9 Å². The lowest BCUT2D eigenvalue weighted by Gasteiger charge is -2.37. The van der Waals surface area contributed by atoms with Gasteiger partial charge in [-0.25, -0.2) is 4.98 Å². The van der Waals surface area contributed by atoms with Gasteiger partial charge in [0.25, 0.3) is 5.91 Å². The van der Waals surface area contributed by atoms with E-state index in [1.54, 1.807) is 24.6 Å². The van der Waals surface area contributed by atoms with E-state index < -0.39 is 6.10 Å². The summed E-state index contributed by atoms with van der Waals surface area (Å²) in [4.78, 5) is 20.1. The highest BCUT2D eigenvalue weighted by molar-refractivity contribution is 7.09. The minimum atomic E-state index is -0.616. The molecule has 2 atom stereocenters. The number of aromatic nitrogens is 1. The third-order valence-corrected chi connectivity index (χ3v) is 6.11. The number of ether oxygens (including phenoxy) is 1. The van der Waals surface area contributed by atoms with Gasteiger partial charge in [0.1, 0.15) is 5.01 Å². The van der Waals surface area contributed by atoms with Gasteiger partial charge in [-0.3, -0.25) is 4.79 Å². The van der Waals surface area contributed by atoms with Crippen LogP contribution in [0.2, 0.25) is 0 Å². The quantitative estimate of drug-likeness (QED) is 0.597. The van der Waals surface area contributed by atoms with Gasteiger partial charge in [-0.1, -0.05) is 54.6 Å². The SMILES string of the molecule is CO[C@H](C(=O)N(Cc1nccs1)[C@@H]1CCCc2ccccc21)c1ccccc1. The lowest BCUT2D eigenvalue weighted by molar-refractivity contribution is -0.146. The zero-order chi connectivity index (χ0) is 19.3. The number of fused-ring (bicyclic) bond motifs is 1. The standard InChI is InChI=1S/C23H24N2O2S/c1-27-22(18-9-3-2-4-10-18)23(26)25(16-21-24-14-15-28-21)20-13-7-11-17-8-5-6-12-19(17)20/h2-6,8-10,12,14-15,20,22H,7,11,13,16H2,1H3/t20-,22+/m1/s1. The van der Waals surface area contributed by atoms with E-state index in [1.807, 2.05) is 40.6 Å². The summed E-state index contributed by atoms with van der Waals surface area (Å²) in [5.41, 5.74) is 3.47. The first-order valence-electron chi connectivity index (χ1n) is 9.62. The predicted octanol–water partition coefficient (Wildman–Crippen LogP) is 4.94. The second-order valence-corrected chi connectivity index (χ2v) is 8.00. The van der Waals surface area contributed by atoms with Gasteiger partial charge in [0, 0.05) is 18.7 Å². The largest absolute Gasteiger partial charge is 0.367 e. The van der Waals surface area contributed by atoms with Crippen molar-refractivity contribution in [2.24, 2.45) is 0 Å². The molecule has 3 aromatic rings. The molecule has 28 heavy (non-hydrogen) atoms. The first-order valence-corrected chi connectivity index (χ1v) is 10.5. The Balaban J connectivity index is 1.71. The lowest BCUT2D eigenvalue weighted by atomic mass is 9.86. The highest BCUT2D eigenvalue weighted by Crippen LogP contribution is 2.37. The van der Waals surface area contributed by atoms with Gasteiger partial charge in [0.15, 0.2) is 6.10 Å². The van der Waals surface area contributed by atoms with E-state index in [0.29, 0.717) is 6.54 Å². The summed E-state index contributed by atoms with van der Waals surface area (Å²) < 4.78 is 5.67. The Morgan fingerprint density at radius 2 is 2.00 bits per heavy atom. The molecule has 1 aliphatic rings. The van der Waals surface area contributed by atoms with E-state index in [1.165, 1.54) is 11.1 Å². The molecule has 1 aliphatic carbocycles. The Labute approximate surface area is 169 Å². The maximum atomic E-state index is 13.7. The van der Waals surface area contributed by atoms with E-state index in [4.69, 9.17) is 4.74 Å². The van der Waals surface area contributed by atoms with Gasteiger partial charge in [-0.15, -0.1) is 11.3 Å². The van der Waals surface area contributed by atoms with Crippen molar-refractivity contribution in [1.29, 1.82) is 0 Å². The van der Waals surface area contributed by atoms with Gasteiger partial charge in [-0.05, 0) is 36.0 Å². The molecule has 5 heteroatoms. The number of hydrogen-bond acceptors (Lipinski definition) is 4. The van der Waals surface area contributed by atoms with Crippen LogP contribution in [-0.4, -0.2) is 22.9 Å². The van der Waals surface area contributed by atoms with E-state index in [9.17, 15) is 4.79 Å². The zero-order valence-corrected chi connectivity index (χ0v) is 16.8. The van der Waals surface area contributed by atoms with Crippen LogP contribution in [0.1, 0.15) is 46.7 Å². The van der Waals surface area contributed by atoms with E-state index in [-0.39, 0.29) is 11.9 Å². The summed E-state index contributed by atoms with van der Waals surface area (Å²) >= 11 is 1.58. The first-order chi connectivity index (χ1) is 13.8. The van der Waals surface area contributed by atoms with Crippen LogP contribution in [0.3, 0.4) is 0 Å². The molecule has 0 unspecified atom stereocenters. The maximum Gasteiger partial charge on any atom is 0.257 e. The summed E-state index contributed by atoms with van der Waals surface area (Å²) in [7, 11) is 1.60. The van der Waals surface area contributed by atoms with Crippen LogP contribution in [0, 0.1) is 0 Å². The molecule has 0 fully saturated rings. The normalized spacial score (nSPS) is 17.0. The number of carbonyl (C=O) groups excluding carboxylic acids is 1. The van der Waals surface area contributed by atoms with Gasteiger partial charge in [-0.2, -0.15) is 0 Å². The van der Waals surface area contributed by atoms with E-state index >= 15 is 0 Å². The predicted molar refractivity (Wildman–Crippen MR) is 111 cm³/mol. The molecule has 0 saturated carbocycles. The third-order valence-electron chi connectivity index (χ3n) is 5.35. The van der Waals surface area contributed by atoms with Gasteiger partial charge < -0.3 is 9.64 Å². The second-order valence-electron chi connectivity index (χ2n) is 7.03. The van der Waals surface area contributed by atoms with Crippen molar-refractivity contribution in [1.82, 2.24) is 9.88 Å². The van der Waals surface area contributed by atoms with Crippen LogP contribution in [0.4, 0.5) is 0 Å². The Bertz CT molecular complexity index is 911. The Morgan fingerprint density at radius 3 is 2.75 bits per heavy atom. The summed E-state index contributed by atoms with van der Waals surface area (Å²) in [6, 6.07) is 18.2. The molecule has 1 aromatic heterocycles. The molecule has 4 rings (SSSR count). The fraction of sp³-hybridized carbons (Fsp3) is 0.304. The topological polar surface area (TPSA) is 42.4 Å². The molecule has 0 bridgehead atoms. The number of methoxy groups -OCH3 is 1. The smallest absolute Gasteiger partial charge is 0.257 e. The average Bonchev–Trinajstić information content (AvgIpc) is 3.26. The van der Waals surface area contributed by atoms with Crippen LogP contribution in [0.5, 0.6) is 0 Å². The minimum absolute atomic E-state index is 0.00870. The number of benzene rings is 2. The fourth-order valence-corrected chi connectivity index (χ4v) is 4.64. The molecule has 0 saturated heterocycles. The van der Waals surface area contributed by atoms with Gasteiger partial charge in [0.2, 0.25) is 0 Å². The Morgan fingerprint density at radius 1 is 1.21 bits per heavy atom. The number of aryl methyl sites for hydroxylation is 1. The van der Waals surface area contributed by atoms with Gasteiger partial charge >= 0.3 is 0 Å². The van der Waals surface area contributed by atoms with Crippen molar-refractivity contribution in [2.75, 3.05) is 7.11 Å². The summed E-state index contributed by atoms with van der Waals surface area (Å²) in [5.74, 6) is -0.00870. The van der Waals surface area contributed by atoms with Crippen LogP contribution in [0.25, 0.3) is 0 Å². The number of rotatable bonds is 6. The average molecular weight is 393 g/mol. The molecule has 2 aromatic carbocycles. The monoisotopic (exact) mass is 392 g/mol. The maximum absolute atomic E-state index is 13.7. The molecular weight excluding hydrogens is 368 g/mol. The molecule has 0 spiro atoms. The van der Waals surface area contributed by atoms with Crippen LogP contribution < -0.4 is 0 Å². The number of carbonyl (C=O) groups is 1. The summed E-state index contributed by atoms with van der Waals surface area (Å²) in [5, 5.41) is 2.90. The molecule has 144 valence electrons. The summed E-state index contributed by atoms with van der Waals surface area (Å²) in [6.45, 7) is 0.502. The number of nitrogens with zero attached hydrogens (tertiary/aromatic N) is 2. The van der Waals surface area contributed by atoms with Crippen LogP contribution >= 0.6 is 11.3 Å². The third kappa shape index (κ3) is 3.86. The Hall–Kier alpha value is -2.50. The van der Waals surface area contributed by atoms with Crippen molar-refractivity contribution in [3.8, 4) is 0 Å². The molecule has 4 nitrogen and oxygen atoms in total. The molecule has 0 radical (unpaired) electrons. The summed E-state index contributed by atoms with van der Waals surface area (Å²) in [6.07, 6.45) is 4.28. The minimum Gasteiger partial charge on any atom is -0.367 e. The van der Waals surface area contributed by atoms with Crippen molar-refractivity contribution in [3.63, 3.8) is 0 Å². The van der Waals surface area contributed by atoms with Crippen molar-refractivity contribution >= 4 is 17.2 Å². The highest BCUT2D eigenvalue weighted by Gasteiger charge is 2.34. The number of hydrogen-bond donors (Lipinski definition) is 0. The number of amides is 1. The highest BCUT2D eigenvalue weighted by atomic mass is 32.1. The van der Waals surface area contributed by atoms with E-state index in [0.717, 1.165) is 29.8 Å². The number of thiazole rings is 1. The molecule has 0 N–H and O–H groups in total. The Kier molecular flexibility index (Phi) is 5.84. The molecule has 1 heterocycles. The fourth-order valence-electron chi connectivity index (χ4n) is 4.03. The second kappa shape index (κ2) is 8.67. The molecular formula is C23H24N2O2S. The van der Waals surface area contributed by atoms with Crippen LogP contribution in [0.15, 0.2) is 66.2 Å². The molecule has 0 aliphatic heterocycles. The first kappa shape index (κ1) is 18.8.